The molecule has 0 amide bonds. The number of ketones is 2. The zero-order valence-corrected chi connectivity index (χ0v) is 13.2. The summed E-state index contributed by atoms with van der Waals surface area (Å²) in [4.78, 5) is 44.5. The van der Waals surface area contributed by atoms with Gasteiger partial charge in [-0.05, 0) is 40.7 Å². The van der Waals surface area contributed by atoms with Gasteiger partial charge in [0.25, 0.3) is 10.5 Å². The SMILES string of the molecule is O=C(Cl)C(=O)c1ccc(Cc2ccc(C(=O)C(=O)Cl)cc2)cc1. The molecule has 0 bridgehead atoms. The Balaban J connectivity index is 2.10. The molecule has 0 aliphatic heterocycles. The first-order chi connectivity index (χ1) is 10.9. The van der Waals surface area contributed by atoms with E-state index in [2.05, 4.69) is 0 Å². The molecular formula is C17H10Cl2O4. The van der Waals surface area contributed by atoms with Crippen LogP contribution in [0.3, 0.4) is 0 Å². The second kappa shape index (κ2) is 7.31. The monoisotopic (exact) mass is 348 g/mol. The van der Waals surface area contributed by atoms with Crippen molar-refractivity contribution in [3.05, 3.63) is 70.8 Å². The van der Waals surface area contributed by atoms with Gasteiger partial charge in [0.15, 0.2) is 0 Å². The van der Waals surface area contributed by atoms with Crippen LogP contribution in [-0.4, -0.2) is 22.1 Å². The third-order valence-corrected chi connectivity index (χ3v) is 3.54. The lowest BCUT2D eigenvalue weighted by Gasteiger charge is -2.04. The van der Waals surface area contributed by atoms with E-state index in [1.807, 2.05) is 0 Å². The fourth-order valence-corrected chi connectivity index (χ4v) is 2.23. The van der Waals surface area contributed by atoms with Gasteiger partial charge in [-0.1, -0.05) is 48.5 Å². The van der Waals surface area contributed by atoms with Crippen LogP contribution in [0.5, 0.6) is 0 Å². The average Bonchev–Trinajstić information content (AvgIpc) is 2.54. The molecule has 0 N–H and O–H groups in total. The fraction of sp³-hybridized carbons (Fsp3) is 0.0588. The normalized spacial score (nSPS) is 10.2. The van der Waals surface area contributed by atoms with Gasteiger partial charge in [-0.2, -0.15) is 0 Å². The summed E-state index contributed by atoms with van der Waals surface area (Å²) in [5.41, 5.74) is 2.29. The zero-order valence-electron chi connectivity index (χ0n) is 11.7. The van der Waals surface area contributed by atoms with Gasteiger partial charge < -0.3 is 0 Å². The molecule has 23 heavy (non-hydrogen) atoms. The first-order valence-electron chi connectivity index (χ1n) is 6.54. The zero-order chi connectivity index (χ0) is 17.0. The molecule has 0 spiro atoms. The number of halogens is 2. The molecule has 0 aliphatic rings. The molecule has 0 atom stereocenters. The van der Waals surface area contributed by atoms with Crippen molar-refractivity contribution in [3.8, 4) is 0 Å². The lowest BCUT2D eigenvalue weighted by atomic mass is 10.0. The molecule has 0 unspecified atom stereocenters. The molecule has 0 fully saturated rings. The van der Waals surface area contributed by atoms with E-state index in [4.69, 9.17) is 23.2 Å². The Morgan fingerprint density at radius 1 is 0.609 bits per heavy atom. The lowest BCUT2D eigenvalue weighted by molar-refractivity contribution is -0.108. The highest BCUT2D eigenvalue weighted by molar-refractivity contribution is 6.83. The van der Waals surface area contributed by atoms with Gasteiger partial charge in [0.2, 0.25) is 11.6 Å². The maximum absolute atomic E-state index is 11.4. The number of hydrogen-bond acceptors (Lipinski definition) is 4. The third-order valence-electron chi connectivity index (χ3n) is 3.20. The summed E-state index contributed by atoms with van der Waals surface area (Å²) < 4.78 is 0. The molecule has 0 aromatic heterocycles. The van der Waals surface area contributed by atoms with Crippen molar-refractivity contribution in [2.75, 3.05) is 0 Å². The van der Waals surface area contributed by atoms with Crippen LogP contribution in [0.15, 0.2) is 48.5 Å². The van der Waals surface area contributed by atoms with Gasteiger partial charge >= 0.3 is 0 Å². The van der Waals surface area contributed by atoms with E-state index in [1.165, 1.54) is 24.3 Å². The minimum atomic E-state index is -1.02. The van der Waals surface area contributed by atoms with Gasteiger partial charge in [-0.25, -0.2) is 0 Å². The predicted octanol–water partition coefficient (Wildman–Crippen LogP) is 3.17. The summed E-state index contributed by atoms with van der Waals surface area (Å²) in [6, 6.07) is 13.0. The molecule has 0 saturated heterocycles. The van der Waals surface area contributed by atoms with Crippen molar-refractivity contribution in [3.63, 3.8) is 0 Å². The highest BCUT2D eigenvalue weighted by Gasteiger charge is 2.14. The molecule has 0 radical (unpaired) electrons. The van der Waals surface area contributed by atoms with Gasteiger partial charge in [-0.15, -0.1) is 0 Å². The minimum absolute atomic E-state index is 0.232. The first kappa shape index (κ1) is 17.1. The summed E-state index contributed by atoms with van der Waals surface area (Å²) in [7, 11) is 0. The maximum atomic E-state index is 11.4. The Bertz CT molecular complexity index is 710. The highest BCUT2D eigenvalue weighted by Crippen LogP contribution is 2.14. The first-order valence-corrected chi connectivity index (χ1v) is 7.30. The lowest BCUT2D eigenvalue weighted by Crippen LogP contribution is -2.07. The molecular weight excluding hydrogens is 339 g/mol. The summed E-state index contributed by atoms with van der Waals surface area (Å²) in [5, 5.41) is -2.04. The second-order valence-corrected chi connectivity index (χ2v) is 5.46. The number of Topliss-reactive ketones (excluding diaryl/α,β-unsaturated/α-hetero) is 2. The smallest absolute Gasteiger partial charge is 0.284 e. The number of benzene rings is 2. The molecule has 6 heteroatoms. The van der Waals surface area contributed by atoms with Crippen LogP contribution in [0.4, 0.5) is 0 Å². The van der Waals surface area contributed by atoms with E-state index >= 15 is 0 Å². The van der Waals surface area contributed by atoms with Crippen LogP contribution >= 0.6 is 23.2 Å². The van der Waals surface area contributed by atoms with Crippen LogP contribution in [-0.2, 0) is 16.0 Å². The van der Waals surface area contributed by atoms with Crippen LogP contribution in [0.2, 0.25) is 0 Å². The van der Waals surface area contributed by atoms with Gasteiger partial charge in [0.05, 0.1) is 0 Å². The second-order valence-electron chi connectivity index (χ2n) is 4.78. The van der Waals surface area contributed by atoms with Crippen LogP contribution in [0, 0.1) is 0 Å². The van der Waals surface area contributed by atoms with E-state index < -0.39 is 22.1 Å². The minimum Gasteiger partial charge on any atom is -0.284 e. The Kier molecular flexibility index (Phi) is 5.42. The molecule has 116 valence electrons. The molecule has 0 saturated carbocycles. The van der Waals surface area contributed by atoms with Gasteiger partial charge in [-0.3, -0.25) is 19.2 Å². The summed E-state index contributed by atoms with van der Waals surface area (Å²) >= 11 is 10.3. The molecule has 0 heterocycles. The number of carbonyl (C=O) groups excluding carboxylic acids is 4. The van der Waals surface area contributed by atoms with Crippen LogP contribution in [0.25, 0.3) is 0 Å². The van der Waals surface area contributed by atoms with E-state index in [0.29, 0.717) is 6.42 Å². The Morgan fingerprint density at radius 2 is 0.913 bits per heavy atom. The quantitative estimate of drug-likeness (QED) is 0.456. The Hall–Kier alpha value is -2.30. The fourth-order valence-electron chi connectivity index (χ4n) is 2.01. The van der Waals surface area contributed by atoms with E-state index in [9.17, 15) is 19.2 Å². The largest absolute Gasteiger partial charge is 0.293 e. The topological polar surface area (TPSA) is 68.3 Å². The van der Waals surface area contributed by atoms with Gasteiger partial charge in [0, 0.05) is 11.1 Å². The van der Waals surface area contributed by atoms with Gasteiger partial charge in [0.1, 0.15) is 0 Å². The van der Waals surface area contributed by atoms with Crippen LogP contribution in [0.1, 0.15) is 31.8 Å². The molecule has 2 aromatic carbocycles. The summed E-state index contributed by atoms with van der Waals surface area (Å²) in [5.74, 6) is -1.49. The van der Waals surface area contributed by atoms with Crippen LogP contribution < -0.4 is 0 Å². The highest BCUT2D eigenvalue weighted by atomic mass is 35.5. The van der Waals surface area contributed by atoms with Crippen molar-refractivity contribution in [2.24, 2.45) is 0 Å². The van der Waals surface area contributed by atoms with Crippen molar-refractivity contribution < 1.29 is 19.2 Å². The van der Waals surface area contributed by atoms with Crippen molar-refractivity contribution >= 4 is 45.3 Å². The Labute approximate surface area is 142 Å². The molecule has 2 aromatic rings. The molecule has 4 nitrogen and oxygen atoms in total. The number of hydrogen-bond donors (Lipinski definition) is 0. The van der Waals surface area contributed by atoms with E-state index in [0.717, 1.165) is 11.1 Å². The van der Waals surface area contributed by atoms with E-state index in [1.54, 1.807) is 24.3 Å². The third kappa shape index (κ3) is 4.34. The molecule has 2 rings (SSSR count). The number of carbonyl (C=O) groups is 4. The summed E-state index contributed by atoms with van der Waals surface area (Å²) in [6.07, 6.45) is 0.562. The average molecular weight is 349 g/mol. The van der Waals surface area contributed by atoms with Crippen molar-refractivity contribution in [1.82, 2.24) is 0 Å². The van der Waals surface area contributed by atoms with Crippen molar-refractivity contribution in [1.29, 1.82) is 0 Å². The summed E-state index contributed by atoms with van der Waals surface area (Å²) in [6.45, 7) is 0. The van der Waals surface area contributed by atoms with E-state index in [-0.39, 0.29) is 11.1 Å². The predicted molar refractivity (Wildman–Crippen MR) is 86.1 cm³/mol. The standard InChI is InChI=1S/C17H10Cl2O4/c18-16(22)14(20)12-5-1-10(2-6-12)9-11-3-7-13(8-4-11)15(21)17(19)23/h1-8H,9H2. The molecule has 0 aliphatic carbocycles. The number of rotatable bonds is 6. The Morgan fingerprint density at radius 3 is 1.17 bits per heavy atom. The van der Waals surface area contributed by atoms with Crippen molar-refractivity contribution in [2.45, 2.75) is 6.42 Å². The maximum Gasteiger partial charge on any atom is 0.293 e.